The molecule has 0 bridgehead atoms. The molecule has 5 nitrogen and oxygen atoms in total. The van der Waals surface area contributed by atoms with Crippen LogP contribution in [-0.2, 0) is 13.1 Å². The number of aromatic nitrogens is 2. The van der Waals surface area contributed by atoms with Crippen LogP contribution >= 0.6 is 0 Å². The van der Waals surface area contributed by atoms with E-state index in [1.165, 1.54) is 0 Å². The van der Waals surface area contributed by atoms with Crippen molar-refractivity contribution in [3.05, 3.63) is 48.3 Å². The molecule has 5 heteroatoms. The van der Waals surface area contributed by atoms with Crippen LogP contribution in [0.3, 0.4) is 0 Å². The molecule has 1 heterocycles. The van der Waals surface area contributed by atoms with E-state index in [2.05, 4.69) is 16.1 Å². The van der Waals surface area contributed by atoms with E-state index in [4.69, 9.17) is 0 Å². The van der Waals surface area contributed by atoms with Gasteiger partial charge in [0.05, 0.1) is 12.6 Å². The van der Waals surface area contributed by atoms with Gasteiger partial charge in [0.25, 0.3) is 0 Å². The molecule has 2 N–H and O–H groups in total. The summed E-state index contributed by atoms with van der Waals surface area (Å²) in [6.07, 6.45) is 7.46. The lowest BCUT2D eigenvalue weighted by molar-refractivity contribution is 0.0680. The molecule has 2 aromatic rings. The Morgan fingerprint density at radius 3 is 2.70 bits per heavy atom. The molecule has 1 aromatic carbocycles. The summed E-state index contributed by atoms with van der Waals surface area (Å²) in [6.45, 7) is 2.58. The summed E-state index contributed by atoms with van der Waals surface area (Å²) in [6, 6.07) is 9.90. The second-order valence-corrected chi connectivity index (χ2v) is 6.37. The van der Waals surface area contributed by atoms with Crippen molar-refractivity contribution in [2.45, 2.75) is 50.9 Å². The predicted octanol–water partition coefficient (Wildman–Crippen LogP) is 2.39. The van der Waals surface area contributed by atoms with Crippen molar-refractivity contribution in [3.8, 4) is 5.75 Å². The molecule has 0 amide bonds. The third kappa shape index (κ3) is 4.56. The molecule has 3 rings (SSSR count). The maximum atomic E-state index is 9.75. The van der Waals surface area contributed by atoms with Gasteiger partial charge in [-0.25, -0.2) is 0 Å². The van der Waals surface area contributed by atoms with E-state index in [9.17, 15) is 10.2 Å². The van der Waals surface area contributed by atoms with Crippen molar-refractivity contribution in [2.24, 2.45) is 0 Å². The first-order valence-electron chi connectivity index (χ1n) is 8.38. The van der Waals surface area contributed by atoms with Crippen LogP contribution in [0.25, 0.3) is 0 Å². The molecule has 1 aliphatic carbocycles. The topological polar surface area (TPSA) is 61.5 Å². The first-order chi connectivity index (χ1) is 11.2. The highest BCUT2D eigenvalue weighted by molar-refractivity contribution is 5.27. The minimum absolute atomic E-state index is 0.139. The number of nitrogens with zero attached hydrogens (tertiary/aromatic N) is 3. The fourth-order valence-corrected chi connectivity index (χ4v) is 3.37. The van der Waals surface area contributed by atoms with Crippen LogP contribution < -0.4 is 0 Å². The number of phenols is 1. The van der Waals surface area contributed by atoms with Crippen LogP contribution in [0.5, 0.6) is 5.75 Å². The van der Waals surface area contributed by atoms with Crippen molar-refractivity contribution in [1.82, 2.24) is 14.7 Å². The van der Waals surface area contributed by atoms with Crippen LogP contribution in [0.15, 0.2) is 42.7 Å². The molecular formula is C18H25N3O2. The smallest absolute Gasteiger partial charge is 0.115 e. The number of phenolic OH excluding ortho intramolecular Hbond substituents is 1. The fourth-order valence-electron chi connectivity index (χ4n) is 3.37. The predicted molar refractivity (Wildman–Crippen MR) is 89.0 cm³/mol. The highest BCUT2D eigenvalue weighted by Crippen LogP contribution is 2.25. The minimum Gasteiger partial charge on any atom is -0.508 e. The lowest BCUT2D eigenvalue weighted by Crippen LogP contribution is -2.40. The second kappa shape index (κ2) is 7.62. The Kier molecular flexibility index (Phi) is 5.31. The largest absolute Gasteiger partial charge is 0.508 e. The van der Waals surface area contributed by atoms with Crippen molar-refractivity contribution in [3.63, 3.8) is 0 Å². The summed E-state index contributed by atoms with van der Waals surface area (Å²) in [5.74, 6) is 0.314. The monoisotopic (exact) mass is 315 g/mol. The van der Waals surface area contributed by atoms with Crippen molar-refractivity contribution < 1.29 is 10.2 Å². The SMILES string of the molecule is Oc1cccc(CN(CCn2cccn2)C2CCC(O)CC2)c1. The normalized spacial score (nSPS) is 21.7. The van der Waals surface area contributed by atoms with E-state index >= 15 is 0 Å². The Morgan fingerprint density at radius 1 is 1.17 bits per heavy atom. The van der Waals surface area contributed by atoms with E-state index < -0.39 is 0 Å². The zero-order valence-electron chi connectivity index (χ0n) is 13.4. The van der Waals surface area contributed by atoms with E-state index in [-0.39, 0.29) is 6.10 Å². The van der Waals surface area contributed by atoms with Gasteiger partial charge in [0.1, 0.15) is 5.75 Å². The average molecular weight is 315 g/mol. The lowest BCUT2D eigenvalue weighted by atomic mass is 9.91. The van der Waals surface area contributed by atoms with Gasteiger partial charge in [-0.3, -0.25) is 9.58 Å². The van der Waals surface area contributed by atoms with Crippen LogP contribution in [0.1, 0.15) is 31.2 Å². The Bertz CT molecular complexity index is 592. The number of aliphatic hydroxyl groups is 1. The maximum Gasteiger partial charge on any atom is 0.115 e. The molecule has 0 saturated heterocycles. The van der Waals surface area contributed by atoms with Crippen LogP contribution in [-0.4, -0.2) is 43.6 Å². The first kappa shape index (κ1) is 16.0. The van der Waals surface area contributed by atoms with Gasteiger partial charge >= 0.3 is 0 Å². The summed E-state index contributed by atoms with van der Waals surface area (Å²) in [7, 11) is 0. The molecule has 0 unspecified atom stereocenters. The Balaban J connectivity index is 1.67. The van der Waals surface area contributed by atoms with Gasteiger partial charge in [-0.15, -0.1) is 0 Å². The van der Waals surface area contributed by atoms with Gasteiger partial charge < -0.3 is 10.2 Å². The first-order valence-corrected chi connectivity index (χ1v) is 8.38. The zero-order chi connectivity index (χ0) is 16.1. The van der Waals surface area contributed by atoms with Crippen LogP contribution in [0, 0.1) is 0 Å². The average Bonchev–Trinajstić information content (AvgIpc) is 3.06. The Labute approximate surface area is 137 Å². The fraction of sp³-hybridized carbons (Fsp3) is 0.500. The molecule has 1 aliphatic rings. The standard InChI is InChI=1S/C18H25N3O2/c22-17-7-5-16(6-8-17)20(11-12-21-10-2-9-19-21)14-15-3-1-4-18(23)13-15/h1-4,9-10,13,16-17,22-23H,5-8,11-12,14H2. The lowest BCUT2D eigenvalue weighted by Gasteiger charge is -2.36. The molecule has 124 valence electrons. The van der Waals surface area contributed by atoms with Crippen molar-refractivity contribution in [2.75, 3.05) is 6.54 Å². The summed E-state index contributed by atoms with van der Waals surface area (Å²) in [4.78, 5) is 2.46. The quantitative estimate of drug-likeness (QED) is 0.859. The summed E-state index contributed by atoms with van der Waals surface area (Å²) in [5, 5.41) is 23.7. The van der Waals surface area contributed by atoms with Crippen LogP contribution in [0.4, 0.5) is 0 Å². The molecule has 1 saturated carbocycles. The van der Waals surface area contributed by atoms with Crippen LogP contribution in [0.2, 0.25) is 0 Å². The summed E-state index contributed by atoms with van der Waals surface area (Å²) < 4.78 is 1.95. The number of aliphatic hydroxyl groups excluding tert-OH is 1. The third-order valence-corrected chi connectivity index (χ3v) is 4.65. The molecule has 1 aromatic heterocycles. The van der Waals surface area contributed by atoms with Gasteiger partial charge in [0, 0.05) is 31.5 Å². The number of hydrogen-bond acceptors (Lipinski definition) is 4. The highest BCUT2D eigenvalue weighted by Gasteiger charge is 2.24. The highest BCUT2D eigenvalue weighted by atomic mass is 16.3. The Hall–Kier alpha value is -1.85. The number of rotatable bonds is 6. The van der Waals surface area contributed by atoms with Gasteiger partial charge in [0.15, 0.2) is 0 Å². The van der Waals surface area contributed by atoms with Gasteiger partial charge in [0.2, 0.25) is 0 Å². The zero-order valence-corrected chi connectivity index (χ0v) is 13.4. The number of benzene rings is 1. The number of hydrogen-bond donors (Lipinski definition) is 2. The molecule has 0 spiro atoms. The Morgan fingerprint density at radius 2 is 2.00 bits per heavy atom. The minimum atomic E-state index is -0.139. The van der Waals surface area contributed by atoms with E-state index in [1.54, 1.807) is 12.3 Å². The summed E-state index contributed by atoms with van der Waals surface area (Å²) in [5.41, 5.74) is 1.12. The maximum absolute atomic E-state index is 9.75. The van der Waals surface area contributed by atoms with Gasteiger partial charge in [-0.2, -0.15) is 5.10 Å². The van der Waals surface area contributed by atoms with E-state index in [0.29, 0.717) is 11.8 Å². The second-order valence-electron chi connectivity index (χ2n) is 6.37. The molecule has 1 fully saturated rings. The number of aromatic hydroxyl groups is 1. The van der Waals surface area contributed by atoms with Crippen molar-refractivity contribution >= 4 is 0 Å². The van der Waals surface area contributed by atoms with E-state index in [0.717, 1.165) is 50.9 Å². The van der Waals surface area contributed by atoms with Crippen molar-refractivity contribution in [1.29, 1.82) is 0 Å². The van der Waals surface area contributed by atoms with E-state index in [1.807, 2.05) is 29.1 Å². The van der Waals surface area contributed by atoms with Gasteiger partial charge in [-0.05, 0) is 49.4 Å². The molecule has 0 aliphatic heterocycles. The molecular weight excluding hydrogens is 290 g/mol. The van der Waals surface area contributed by atoms with Gasteiger partial charge in [-0.1, -0.05) is 12.1 Å². The molecule has 0 atom stereocenters. The summed E-state index contributed by atoms with van der Waals surface area (Å²) >= 11 is 0. The molecule has 23 heavy (non-hydrogen) atoms. The third-order valence-electron chi connectivity index (χ3n) is 4.65. The molecule has 0 radical (unpaired) electrons.